The summed E-state index contributed by atoms with van der Waals surface area (Å²) in [6.07, 6.45) is 0.224. The molecule has 1 rings (SSSR count). The molecule has 1 N–H and O–H groups in total. The van der Waals surface area contributed by atoms with Crippen molar-refractivity contribution in [3.63, 3.8) is 0 Å². The molecule has 0 heterocycles. The van der Waals surface area contributed by atoms with Crippen LogP contribution in [-0.4, -0.2) is 18.0 Å². The highest BCUT2D eigenvalue weighted by atomic mass is 19.1. The molecule has 4 heteroatoms. The van der Waals surface area contributed by atoms with E-state index in [-0.39, 0.29) is 17.4 Å². The second kappa shape index (κ2) is 4.49. The van der Waals surface area contributed by atoms with E-state index < -0.39 is 18.2 Å². The van der Waals surface area contributed by atoms with E-state index in [1.807, 2.05) is 0 Å². The van der Waals surface area contributed by atoms with Crippen LogP contribution in [0.3, 0.4) is 0 Å². The monoisotopic (exact) mass is 196 g/mol. The van der Waals surface area contributed by atoms with Crippen LogP contribution >= 0.6 is 0 Å². The van der Waals surface area contributed by atoms with Crippen LogP contribution in [0.4, 0.5) is 8.78 Å². The number of aldehydes is 1. The van der Waals surface area contributed by atoms with Gasteiger partial charge < -0.3 is 5.11 Å². The molecule has 72 valence electrons. The van der Waals surface area contributed by atoms with Gasteiger partial charge in [-0.15, -0.1) is 0 Å². The molecule has 14 heavy (non-hydrogen) atoms. The number of carbonyl (C=O) groups is 1. The van der Waals surface area contributed by atoms with Crippen molar-refractivity contribution in [3.8, 4) is 11.8 Å². The molecule has 1 aromatic rings. The van der Waals surface area contributed by atoms with Crippen LogP contribution in [0.5, 0.6) is 0 Å². The maximum atomic E-state index is 13.0. The molecule has 0 atom stereocenters. The molecule has 0 aliphatic rings. The fourth-order valence-corrected chi connectivity index (χ4v) is 0.883. The van der Waals surface area contributed by atoms with Gasteiger partial charge in [0.15, 0.2) is 6.29 Å². The fraction of sp³-hybridized carbons (Fsp3) is 0.100. The zero-order chi connectivity index (χ0) is 10.6. The predicted octanol–water partition coefficient (Wildman–Crippen LogP) is 1.12. The van der Waals surface area contributed by atoms with E-state index in [0.29, 0.717) is 0 Å². The summed E-state index contributed by atoms with van der Waals surface area (Å²) in [4.78, 5) is 10.2. The zero-order valence-corrected chi connectivity index (χ0v) is 7.05. The lowest BCUT2D eigenvalue weighted by Gasteiger charge is -1.97. The van der Waals surface area contributed by atoms with Gasteiger partial charge in [0.25, 0.3) is 0 Å². The van der Waals surface area contributed by atoms with Gasteiger partial charge in [-0.25, -0.2) is 8.78 Å². The zero-order valence-electron chi connectivity index (χ0n) is 7.05. The summed E-state index contributed by atoms with van der Waals surface area (Å²) in [5.74, 6) is 2.79. The highest BCUT2D eigenvalue weighted by molar-refractivity contribution is 5.75. The molecule has 0 amide bonds. The minimum Gasteiger partial charge on any atom is -0.384 e. The Morgan fingerprint density at radius 2 is 2.07 bits per heavy atom. The summed E-state index contributed by atoms with van der Waals surface area (Å²) in [6, 6.07) is 1.59. The average Bonchev–Trinajstić information content (AvgIpc) is 2.18. The Kier molecular flexibility index (Phi) is 3.32. The normalized spacial score (nSPS) is 9.07. The Labute approximate surface area is 79.2 Å². The van der Waals surface area contributed by atoms with E-state index in [9.17, 15) is 13.6 Å². The fourth-order valence-electron chi connectivity index (χ4n) is 0.883. The van der Waals surface area contributed by atoms with Crippen LogP contribution in [-0.2, 0) is 0 Å². The molecule has 0 bridgehead atoms. The van der Waals surface area contributed by atoms with Gasteiger partial charge in [0, 0.05) is 0 Å². The molecule has 0 aliphatic carbocycles. The quantitative estimate of drug-likeness (QED) is 0.539. The Morgan fingerprint density at radius 1 is 1.36 bits per heavy atom. The Bertz CT molecular complexity index is 416. The van der Waals surface area contributed by atoms with Gasteiger partial charge in [0.05, 0.1) is 11.1 Å². The summed E-state index contributed by atoms with van der Waals surface area (Å²) in [7, 11) is 0. The first-order chi connectivity index (χ1) is 6.69. The largest absolute Gasteiger partial charge is 0.384 e. The number of aliphatic hydroxyl groups is 1. The van der Waals surface area contributed by atoms with Crippen molar-refractivity contribution in [3.05, 3.63) is 34.9 Å². The average molecular weight is 196 g/mol. The molecule has 0 spiro atoms. The summed E-state index contributed by atoms with van der Waals surface area (Å²) in [5.41, 5.74) is -0.529. The first-order valence-corrected chi connectivity index (χ1v) is 3.73. The maximum absolute atomic E-state index is 13.0. The van der Waals surface area contributed by atoms with Crippen molar-refractivity contribution >= 4 is 6.29 Å². The van der Waals surface area contributed by atoms with E-state index in [0.717, 1.165) is 12.1 Å². The first-order valence-electron chi connectivity index (χ1n) is 3.73. The van der Waals surface area contributed by atoms with E-state index >= 15 is 0 Å². The van der Waals surface area contributed by atoms with Crippen LogP contribution in [0.15, 0.2) is 12.1 Å². The third-order valence-corrected chi connectivity index (χ3v) is 1.52. The van der Waals surface area contributed by atoms with Crippen molar-refractivity contribution < 1.29 is 18.7 Å². The van der Waals surface area contributed by atoms with Gasteiger partial charge >= 0.3 is 0 Å². The third-order valence-electron chi connectivity index (χ3n) is 1.52. The number of hydrogen-bond acceptors (Lipinski definition) is 2. The van der Waals surface area contributed by atoms with Crippen LogP contribution < -0.4 is 0 Å². The van der Waals surface area contributed by atoms with Crippen LogP contribution in [0.1, 0.15) is 15.9 Å². The summed E-state index contributed by atoms with van der Waals surface area (Å²) in [6.45, 7) is -0.434. The van der Waals surface area contributed by atoms with Gasteiger partial charge in [-0.05, 0) is 12.1 Å². The molecule has 0 saturated carbocycles. The molecular formula is C10H6F2O2. The van der Waals surface area contributed by atoms with Gasteiger partial charge in [-0.1, -0.05) is 11.8 Å². The maximum Gasteiger partial charge on any atom is 0.153 e. The van der Waals surface area contributed by atoms with E-state index in [1.54, 1.807) is 0 Å². The summed E-state index contributed by atoms with van der Waals surface area (Å²) in [5, 5.41) is 8.34. The van der Waals surface area contributed by atoms with Crippen molar-refractivity contribution in [1.82, 2.24) is 0 Å². The van der Waals surface area contributed by atoms with Crippen molar-refractivity contribution in [2.45, 2.75) is 0 Å². The van der Waals surface area contributed by atoms with Crippen LogP contribution in [0, 0.1) is 23.5 Å². The second-order valence-electron chi connectivity index (χ2n) is 2.43. The van der Waals surface area contributed by atoms with Crippen molar-refractivity contribution in [1.29, 1.82) is 0 Å². The van der Waals surface area contributed by atoms with E-state index in [1.165, 1.54) is 0 Å². The lowest BCUT2D eigenvalue weighted by molar-refractivity contribution is 0.111. The molecule has 0 unspecified atom stereocenters. The minimum absolute atomic E-state index is 0.179. The second-order valence-corrected chi connectivity index (χ2v) is 2.43. The molecule has 0 radical (unpaired) electrons. The summed E-state index contributed by atoms with van der Waals surface area (Å²) >= 11 is 0. The number of carbonyl (C=O) groups excluding carboxylic acids is 1. The molecule has 0 aromatic heterocycles. The molecule has 0 saturated heterocycles. The topological polar surface area (TPSA) is 37.3 Å². The van der Waals surface area contributed by atoms with Crippen LogP contribution in [0.25, 0.3) is 0 Å². The molecule has 0 aliphatic heterocycles. The van der Waals surface area contributed by atoms with E-state index in [4.69, 9.17) is 5.11 Å². The van der Waals surface area contributed by atoms with Gasteiger partial charge in [0.2, 0.25) is 0 Å². The van der Waals surface area contributed by atoms with Gasteiger partial charge in [-0.3, -0.25) is 4.79 Å². The highest BCUT2D eigenvalue weighted by Gasteiger charge is 2.07. The Morgan fingerprint density at radius 3 is 2.64 bits per heavy atom. The minimum atomic E-state index is -0.830. The van der Waals surface area contributed by atoms with Gasteiger partial charge in [0.1, 0.15) is 18.2 Å². The van der Waals surface area contributed by atoms with E-state index in [2.05, 4.69) is 11.8 Å². The number of halogens is 2. The standard InChI is InChI=1S/C10H6F2O2/c11-9-5-8(6-14)10(12)4-7(9)2-1-3-13/h4-6,13H,3H2. The molecular weight excluding hydrogens is 190 g/mol. The van der Waals surface area contributed by atoms with Crippen molar-refractivity contribution in [2.24, 2.45) is 0 Å². The van der Waals surface area contributed by atoms with Crippen molar-refractivity contribution in [2.75, 3.05) is 6.61 Å². The first kappa shape index (κ1) is 10.4. The highest BCUT2D eigenvalue weighted by Crippen LogP contribution is 2.12. The predicted molar refractivity (Wildman–Crippen MR) is 45.7 cm³/mol. The Balaban J connectivity index is 3.21. The number of benzene rings is 1. The SMILES string of the molecule is O=Cc1cc(F)c(C#CCO)cc1F. The lowest BCUT2D eigenvalue weighted by Crippen LogP contribution is -1.93. The van der Waals surface area contributed by atoms with Gasteiger partial charge in [-0.2, -0.15) is 0 Å². The lowest BCUT2D eigenvalue weighted by atomic mass is 10.1. The number of aliphatic hydroxyl groups excluding tert-OH is 1. The number of rotatable bonds is 1. The molecule has 2 nitrogen and oxygen atoms in total. The smallest absolute Gasteiger partial charge is 0.153 e. The molecule has 0 fully saturated rings. The Hall–Kier alpha value is -1.73. The van der Waals surface area contributed by atoms with Crippen LogP contribution in [0.2, 0.25) is 0 Å². The molecule has 1 aromatic carbocycles. The third kappa shape index (κ3) is 2.15. The summed E-state index contributed by atoms with van der Waals surface area (Å²) < 4.78 is 26.0. The number of hydrogen-bond donors (Lipinski definition) is 1.